The van der Waals surface area contributed by atoms with Crippen LogP contribution < -0.4 is 27.2 Å². The van der Waals surface area contributed by atoms with Crippen LogP contribution >= 0.6 is 68.0 Å². The Labute approximate surface area is 922 Å². The molecule has 0 bridgehead atoms. The minimum atomic E-state index is 0.136. The molecule has 12 aromatic rings. The fraction of sp³-hybridized carbons (Fsp3) is 0.545. The van der Waals surface area contributed by atoms with Crippen molar-refractivity contribution in [2.24, 2.45) is 11.8 Å². The first-order valence-electron chi connectivity index (χ1n) is 57.9. The lowest BCUT2D eigenvalue weighted by Gasteiger charge is -2.21. The monoisotopic (exact) mass is 2110 g/mol. The van der Waals surface area contributed by atoms with Gasteiger partial charge in [0.15, 0.2) is 0 Å². The summed E-state index contributed by atoms with van der Waals surface area (Å²) in [5, 5.41) is 72.4. The SMILES string of the molecule is [C-]#[N+]C([N+]#[C-])=c1cc2cc3c(CC(CC)CCCC)c4sc(=C(C#N)C#N)cc4cc3c(CC(CC)CCCC)c2s1.[C-]#[N+]C([N+]#[C-])=c1cc2cc3c(CCCCCCCCCCCC)c4sc(=C(C#N)C#N)cc4cc3c(CCCCCCCCCCCC)c2s1.[C-]#[N+]C([N+]#[C-])=c1cc2cc3c(CCCCCCCCCCCCCCCC)c4sc(=C(C#N)C#N)cc4cc3c(CCCCCCCCCCCCCCCC)c2s1. The molecule has 0 amide bonds. The van der Waals surface area contributed by atoms with Gasteiger partial charge in [-0.25, -0.2) is 0 Å². The van der Waals surface area contributed by atoms with Gasteiger partial charge < -0.3 is 0 Å². The minimum absolute atomic E-state index is 0.136. The van der Waals surface area contributed by atoms with Gasteiger partial charge in [-0.1, -0.05) is 389 Å². The Hall–Kier alpha value is -11.0. The maximum Gasteiger partial charge on any atom is 0.536 e. The molecular formula is C132H162N12S6. The summed E-state index contributed by atoms with van der Waals surface area (Å²) in [6, 6.07) is 38.8. The molecule has 0 radical (unpaired) electrons. The Balaban J connectivity index is 0.000000233. The topological polar surface area (TPSA) is 169 Å². The predicted molar refractivity (Wildman–Crippen MR) is 649 cm³/mol. The van der Waals surface area contributed by atoms with E-state index in [-0.39, 0.29) is 34.2 Å². The Kier molecular flexibility index (Phi) is 54.8. The second-order valence-corrected chi connectivity index (χ2v) is 48.1. The molecule has 6 aromatic heterocycles. The molecule has 2 atom stereocenters. The van der Waals surface area contributed by atoms with E-state index in [1.165, 1.54) is 415 Å². The number of nitriles is 6. The fourth-order valence-corrected chi connectivity index (χ4v) is 29.0. The standard InChI is InChI=1S/C52H70N4S2.C44H54N4S2.C36H38N4S2/c1-5-7-9-11-13-15-17-19-21-23-25-27-29-31-33-44-47-36-42-38-49(52(55-3)56-4)58-51(42)45(46(47)35-41-37-48(57-50(41)44)43(39-53)40-54)34-32-30-28-26-24-22-20-18-16-14-12-10-8-6-2;1-5-7-9-11-13-15-17-19-21-23-25-36-39-28-34-30-41(44(47-3)48-4)50-43(34)37(26-24-22-20-18-16-14-12-10-8-6-2)38(39)27-33-29-40(49-42(33)36)35(31-45)32-46;1-7-11-13-23(9-3)15-30-29-18-26-20-33(36(39-5)40-6)42-35(26)31(16-24(10-4)14-12-8-2)28(29)17-25-19-32(41-34(25)30)27(21-37)22-38/h35-38H,5-34H2,1-2H3;27-30H,5-26H2,1-2H3;17-20,23-24H,7-16H2,1-4H3. The van der Waals surface area contributed by atoms with Crippen molar-refractivity contribution in [3.63, 3.8) is 0 Å². The first-order valence-corrected chi connectivity index (χ1v) is 62.8. The average Bonchev–Trinajstić information content (AvgIpc) is 1.57. The Morgan fingerprint density at radius 1 is 0.213 bits per heavy atom. The molecule has 0 spiro atoms. The number of thiophene rings is 6. The zero-order chi connectivity index (χ0) is 107. The van der Waals surface area contributed by atoms with E-state index in [9.17, 15) is 31.6 Å². The van der Waals surface area contributed by atoms with E-state index in [0.717, 1.165) is 137 Å². The van der Waals surface area contributed by atoms with E-state index in [0.29, 0.717) is 11.8 Å². The normalized spacial score (nSPS) is 11.5. The number of benzene rings is 6. The summed E-state index contributed by atoms with van der Waals surface area (Å²) in [4.78, 5) is 21.3. The smallest absolute Gasteiger partial charge is 0.192 e. The minimum Gasteiger partial charge on any atom is -0.192 e. The molecule has 18 heteroatoms. The molecule has 0 saturated heterocycles. The maximum atomic E-state index is 9.77. The molecule has 12 rings (SSSR count). The molecule has 0 aliphatic heterocycles. The van der Waals surface area contributed by atoms with Crippen molar-refractivity contribution in [1.82, 2.24) is 0 Å². The highest BCUT2D eigenvalue weighted by atomic mass is 32.1. The summed E-state index contributed by atoms with van der Waals surface area (Å²) < 4.78 is 11.6. The van der Waals surface area contributed by atoms with Crippen LogP contribution in [-0.4, -0.2) is 0 Å². The summed E-state index contributed by atoms with van der Waals surface area (Å²) in [6.07, 6.45) is 78.2. The number of hydrogen-bond donors (Lipinski definition) is 0. The van der Waals surface area contributed by atoms with E-state index in [1.54, 1.807) is 68.0 Å². The highest BCUT2D eigenvalue weighted by Gasteiger charge is 2.27. The summed E-state index contributed by atoms with van der Waals surface area (Å²) in [5.74, 6) is 1.53. The van der Waals surface area contributed by atoms with E-state index in [1.807, 2.05) is 18.2 Å². The van der Waals surface area contributed by atoms with Crippen LogP contribution in [0.4, 0.5) is 0 Å². The van der Waals surface area contributed by atoms with Gasteiger partial charge in [0.2, 0.25) is 0 Å². The number of aryl methyl sites for hydroxylation is 4. The summed E-state index contributed by atoms with van der Waals surface area (Å²) >= 11 is 9.50. The molecule has 0 N–H and O–H groups in total. The third-order valence-corrected chi connectivity index (χ3v) is 38.0. The van der Waals surface area contributed by atoms with Crippen molar-refractivity contribution in [2.45, 2.75) is 453 Å². The molecular weight excluding hydrogens is 1950 g/mol. The lowest BCUT2D eigenvalue weighted by Crippen LogP contribution is -2.06. The molecule has 786 valence electrons. The van der Waals surface area contributed by atoms with Gasteiger partial charge in [0.1, 0.15) is 106 Å². The first-order chi connectivity index (χ1) is 73.6. The highest BCUT2D eigenvalue weighted by molar-refractivity contribution is 7.19. The molecule has 0 saturated carbocycles. The fourth-order valence-electron chi connectivity index (χ4n) is 22.1. The van der Waals surface area contributed by atoms with Gasteiger partial charge in [-0.15, -0.1) is 68.0 Å². The second kappa shape index (κ2) is 68.1. The van der Waals surface area contributed by atoms with E-state index in [4.69, 9.17) is 39.4 Å². The first kappa shape index (κ1) is 121. The number of nitrogens with zero attached hydrogens (tertiary/aromatic N) is 12. The zero-order valence-electron chi connectivity index (χ0n) is 91.7. The number of unbranched alkanes of at least 4 members (excludes halogenated alkanes) is 46. The van der Waals surface area contributed by atoms with Crippen molar-refractivity contribution >= 4 is 195 Å². The third-order valence-electron chi connectivity index (χ3n) is 30.7. The average molecular weight is 2110 g/mol. The van der Waals surface area contributed by atoms with Gasteiger partial charge in [-0.2, -0.15) is 60.6 Å². The lowest BCUT2D eigenvalue weighted by atomic mass is 9.85. The van der Waals surface area contributed by atoms with Crippen LogP contribution in [0.5, 0.6) is 0 Å². The van der Waals surface area contributed by atoms with Crippen molar-refractivity contribution in [3.05, 3.63) is 202 Å². The summed E-state index contributed by atoms with van der Waals surface area (Å²) in [6.45, 7) is 63.9. The maximum absolute atomic E-state index is 9.77. The quantitative estimate of drug-likeness (QED) is 0.0271. The van der Waals surface area contributed by atoms with E-state index < -0.39 is 0 Å². The van der Waals surface area contributed by atoms with E-state index >= 15 is 0 Å². The van der Waals surface area contributed by atoms with Gasteiger partial charge >= 0.3 is 17.5 Å². The van der Waals surface area contributed by atoms with Crippen LogP contribution in [0.2, 0.25) is 0 Å². The largest absolute Gasteiger partial charge is 0.536 e. The van der Waals surface area contributed by atoms with Crippen LogP contribution in [0.15, 0.2) is 72.8 Å². The number of hydrogen-bond acceptors (Lipinski definition) is 12. The van der Waals surface area contributed by atoms with Gasteiger partial charge in [-0.3, -0.25) is 0 Å². The second-order valence-electron chi connectivity index (χ2n) is 41.8. The van der Waals surface area contributed by atoms with Crippen molar-refractivity contribution < 1.29 is 0 Å². The molecule has 6 heterocycles. The van der Waals surface area contributed by atoms with Crippen LogP contribution in [0.1, 0.15) is 448 Å². The van der Waals surface area contributed by atoms with Crippen molar-refractivity contribution in [1.29, 1.82) is 31.6 Å². The zero-order valence-corrected chi connectivity index (χ0v) is 96.6. The number of rotatable bonds is 64. The molecule has 2 unspecified atom stereocenters. The van der Waals surface area contributed by atoms with E-state index in [2.05, 4.69) is 175 Å². The molecule has 0 fully saturated rings. The van der Waals surface area contributed by atoms with Gasteiger partial charge in [0.25, 0.3) is 0 Å². The lowest BCUT2D eigenvalue weighted by molar-refractivity contribution is 0.450. The summed E-state index contributed by atoms with van der Waals surface area (Å²) in [5.41, 5.74) is 8.47. The van der Waals surface area contributed by atoms with Gasteiger partial charge in [-0.05, 0) is 247 Å². The van der Waals surface area contributed by atoms with Crippen molar-refractivity contribution in [3.8, 4) is 36.4 Å². The Bertz CT molecular complexity index is 6900. The molecule has 0 aliphatic carbocycles. The van der Waals surface area contributed by atoms with Crippen LogP contribution in [0.3, 0.4) is 0 Å². The van der Waals surface area contributed by atoms with Crippen LogP contribution in [0.25, 0.3) is 156 Å². The number of fused-ring (bicyclic) bond motifs is 9. The molecule has 0 aliphatic rings. The molecule has 150 heavy (non-hydrogen) atoms. The summed E-state index contributed by atoms with van der Waals surface area (Å²) in [7, 11) is 0. The highest BCUT2D eigenvalue weighted by Crippen LogP contribution is 2.45. The Morgan fingerprint density at radius 2 is 0.373 bits per heavy atom. The Morgan fingerprint density at radius 3 is 0.547 bits per heavy atom. The molecule has 12 nitrogen and oxygen atoms in total. The van der Waals surface area contributed by atoms with Crippen molar-refractivity contribution in [2.75, 3.05) is 0 Å². The van der Waals surface area contributed by atoms with Crippen LogP contribution in [-0.2, 0) is 38.5 Å². The molecule has 6 aromatic carbocycles. The predicted octanol–water partition coefficient (Wildman–Crippen LogP) is 39.6. The van der Waals surface area contributed by atoms with Crippen LogP contribution in [0, 0.1) is 119 Å². The van der Waals surface area contributed by atoms with Gasteiger partial charge in [0.05, 0.1) is 13.6 Å². The van der Waals surface area contributed by atoms with Gasteiger partial charge in [0, 0.05) is 28.2 Å². The third kappa shape index (κ3) is 35.0.